The van der Waals surface area contributed by atoms with Gasteiger partial charge in [0.1, 0.15) is 11.5 Å². The predicted octanol–water partition coefficient (Wildman–Crippen LogP) is 6.13. The molecule has 1 N–H and O–H groups in total. The highest BCUT2D eigenvalue weighted by Crippen LogP contribution is 2.33. The number of hydrogen-bond donors (Lipinski definition) is 1. The first-order valence-electron chi connectivity index (χ1n) is 9.70. The molecular weight excluding hydrogens is 412 g/mol. The van der Waals surface area contributed by atoms with Crippen molar-refractivity contribution >= 4 is 34.1 Å². The zero-order valence-electron chi connectivity index (χ0n) is 17.4. The highest BCUT2D eigenvalue weighted by molar-refractivity contribution is 6.32. The van der Waals surface area contributed by atoms with Crippen molar-refractivity contribution in [3.05, 3.63) is 82.9 Å². The van der Waals surface area contributed by atoms with E-state index >= 15 is 0 Å². The molecule has 0 spiro atoms. The molecule has 1 amide bonds. The molecule has 3 aromatic carbocycles. The molecule has 4 rings (SSSR count). The summed E-state index contributed by atoms with van der Waals surface area (Å²) in [6.45, 7) is 1.90. The van der Waals surface area contributed by atoms with Crippen molar-refractivity contribution in [1.29, 1.82) is 0 Å². The number of aryl methyl sites for hydroxylation is 1. The topological polar surface area (TPSA) is 60.5 Å². The molecule has 4 aromatic rings. The van der Waals surface area contributed by atoms with Gasteiger partial charge < -0.3 is 14.8 Å². The van der Waals surface area contributed by atoms with Crippen LogP contribution < -0.4 is 14.8 Å². The van der Waals surface area contributed by atoms with E-state index in [2.05, 4.69) is 5.32 Å². The first kappa shape index (κ1) is 20.7. The molecule has 156 valence electrons. The number of carbonyl (C=O) groups excluding carboxylic acids is 1. The average molecular weight is 433 g/mol. The number of anilines is 1. The summed E-state index contributed by atoms with van der Waals surface area (Å²) in [5.74, 6) is 0.871. The molecule has 1 heterocycles. The lowest BCUT2D eigenvalue weighted by atomic mass is 10.0. The molecule has 0 aliphatic heterocycles. The number of hydrogen-bond acceptors (Lipinski definition) is 4. The van der Waals surface area contributed by atoms with Crippen LogP contribution in [-0.4, -0.2) is 25.1 Å². The van der Waals surface area contributed by atoms with Crippen molar-refractivity contribution < 1.29 is 14.3 Å². The van der Waals surface area contributed by atoms with Gasteiger partial charge >= 0.3 is 0 Å². The molecule has 0 saturated carbocycles. The molecule has 31 heavy (non-hydrogen) atoms. The van der Waals surface area contributed by atoms with Gasteiger partial charge in [-0.05, 0) is 36.8 Å². The van der Waals surface area contributed by atoms with Crippen LogP contribution in [0, 0.1) is 6.92 Å². The SMILES string of the molecule is COc1ccc(OC)c(NC(=O)c2cc(-c3ccccc3)nc3c(C)c(Cl)ccc23)c1. The number of aromatic nitrogens is 1. The summed E-state index contributed by atoms with van der Waals surface area (Å²) in [6.07, 6.45) is 0. The van der Waals surface area contributed by atoms with Gasteiger partial charge in [-0.1, -0.05) is 48.0 Å². The Morgan fingerprint density at radius 1 is 0.968 bits per heavy atom. The van der Waals surface area contributed by atoms with Crippen LogP contribution in [0.5, 0.6) is 11.5 Å². The third-order valence-electron chi connectivity index (χ3n) is 5.14. The molecule has 0 radical (unpaired) electrons. The maximum absolute atomic E-state index is 13.4. The van der Waals surface area contributed by atoms with Crippen molar-refractivity contribution in [1.82, 2.24) is 4.98 Å². The molecular formula is C25H21ClN2O3. The minimum atomic E-state index is -0.280. The van der Waals surface area contributed by atoms with Crippen LogP contribution in [0.3, 0.4) is 0 Å². The first-order valence-corrected chi connectivity index (χ1v) is 10.1. The number of nitrogens with one attached hydrogen (secondary N) is 1. The van der Waals surface area contributed by atoms with Gasteiger partial charge in [0.15, 0.2) is 0 Å². The molecule has 0 bridgehead atoms. The number of ether oxygens (including phenoxy) is 2. The predicted molar refractivity (Wildman–Crippen MR) is 124 cm³/mol. The molecule has 6 heteroatoms. The Hall–Kier alpha value is -3.57. The minimum absolute atomic E-state index is 0.280. The van der Waals surface area contributed by atoms with Crippen LogP contribution in [-0.2, 0) is 0 Å². The zero-order valence-corrected chi connectivity index (χ0v) is 18.2. The number of benzene rings is 3. The van der Waals surface area contributed by atoms with Gasteiger partial charge in [0.2, 0.25) is 0 Å². The minimum Gasteiger partial charge on any atom is -0.497 e. The monoisotopic (exact) mass is 432 g/mol. The fourth-order valence-electron chi connectivity index (χ4n) is 3.45. The van der Waals surface area contributed by atoms with Crippen LogP contribution in [0.25, 0.3) is 22.2 Å². The number of pyridine rings is 1. The van der Waals surface area contributed by atoms with E-state index in [1.54, 1.807) is 44.6 Å². The number of carbonyl (C=O) groups is 1. The summed E-state index contributed by atoms with van der Waals surface area (Å²) in [5, 5.41) is 4.28. The van der Waals surface area contributed by atoms with Crippen molar-refractivity contribution in [3.63, 3.8) is 0 Å². The smallest absolute Gasteiger partial charge is 0.256 e. The van der Waals surface area contributed by atoms with Crippen molar-refractivity contribution in [2.24, 2.45) is 0 Å². The second-order valence-corrected chi connectivity index (χ2v) is 7.42. The summed E-state index contributed by atoms with van der Waals surface area (Å²) in [4.78, 5) is 18.2. The number of halogens is 1. The number of methoxy groups -OCH3 is 2. The Morgan fingerprint density at radius 2 is 1.74 bits per heavy atom. The van der Waals surface area contributed by atoms with Gasteiger partial charge in [-0.3, -0.25) is 4.79 Å². The van der Waals surface area contributed by atoms with Crippen LogP contribution in [0.4, 0.5) is 5.69 Å². The normalized spacial score (nSPS) is 10.7. The van der Waals surface area contributed by atoms with Gasteiger partial charge in [0.25, 0.3) is 5.91 Å². The standard InChI is InChI=1S/C25H21ClN2O3/c1-15-20(26)11-10-18-19(14-21(27-24(15)18)16-7-5-4-6-8-16)25(29)28-22-13-17(30-2)9-12-23(22)31-3/h4-14H,1-3H3,(H,28,29). The van der Waals surface area contributed by atoms with Crippen LogP contribution in [0.2, 0.25) is 5.02 Å². The van der Waals surface area contributed by atoms with Gasteiger partial charge in [0.05, 0.1) is 36.7 Å². The quantitative estimate of drug-likeness (QED) is 0.412. The second-order valence-electron chi connectivity index (χ2n) is 7.01. The van der Waals surface area contributed by atoms with Gasteiger partial charge in [0, 0.05) is 22.0 Å². The lowest BCUT2D eigenvalue weighted by molar-refractivity contribution is 0.102. The van der Waals surface area contributed by atoms with Crippen molar-refractivity contribution in [2.75, 3.05) is 19.5 Å². The van der Waals surface area contributed by atoms with Crippen molar-refractivity contribution in [2.45, 2.75) is 6.92 Å². The second kappa shape index (κ2) is 8.66. The number of amides is 1. The largest absolute Gasteiger partial charge is 0.497 e. The van der Waals surface area contributed by atoms with Gasteiger partial charge in [-0.25, -0.2) is 4.98 Å². The number of fused-ring (bicyclic) bond motifs is 1. The zero-order chi connectivity index (χ0) is 22.0. The first-order chi connectivity index (χ1) is 15.0. The van der Waals surface area contributed by atoms with Crippen LogP contribution >= 0.6 is 11.6 Å². The molecule has 0 saturated heterocycles. The lowest BCUT2D eigenvalue weighted by Gasteiger charge is -2.15. The maximum atomic E-state index is 13.4. The van der Waals surface area contributed by atoms with E-state index in [9.17, 15) is 4.79 Å². The molecule has 0 unspecified atom stereocenters. The van der Waals surface area contributed by atoms with E-state index in [-0.39, 0.29) is 5.91 Å². The Bertz CT molecular complexity index is 1270. The van der Waals surface area contributed by atoms with E-state index < -0.39 is 0 Å². The Morgan fingerprint density at radius 3 is 2.45 bits per heavy atom. The highest BCUT2D eigenvalue weighted by Gasteiger charge is 2.18. The molecule has 0 atom stereocenters. The van der Waals surface area contributed by atoms with E-state index in [1.807, 2.05) is 43.3 Å². The average Bonchev–Trinajstić information content (AvgIpc) is 2.81. The molecule has 0 aliphatic carbocycles. The highest BCUT2D eigenvalue weighted by atomic mass is 35.5. The summed E-state index contributed by atoms with van der Waals surface area (Å²) >= 11 is 6.35. The summed E-state index contributed by atoms with van der Waals surface area (Å²) in [5.41, 5.74) is 4.14. The molecule has 0 aliphatic rings. The van der Waals surface area contributed by atoms with E-state index in [4.69, 9.17) is 26.1 Å². The Balaban J connectivity index is 1.86. The third kappa shape index (κ3) is 4.05. The van der Waals surface area contributed by atoms with Crippen LogP contribution in [0.1, 0.15) is 15.9 Å². The number of rotatable bonds is 5. The molecule has 0 fully saturated rings. The summed E-state index contributed by atoms with van der Waals surface area (Å²) in [7, 11) is 3.13. The van der Waals surface area contributed by atoms with E-state index in [0.29, 0.717) is 39.0 Å². The Labute approximate surface area is 185 Å². The van der Waals surface area contributed by atoms with E-state index in [1.165, 1.54) is 0 Å². The van der Waals surface area contributed by atoms with Gasteiger partial charge in [-0.2, -0.15) is 0 Å². The Kier molecular flexibility index (Phi) is 5.78. The third-order valence-corrected chi connectivity index (χ3v) is 5.55. The molecule has 5 nitrogen and oxygen atoms in total. The maximum Gasteiger partial charge on any atom is 0.256 e. The molecule has 1 aromatic heterocycles. The van der Waals surface area contributed by atoms with Gasteiger partial charge in [-0.15, -0.1) is 0 Å². The summed E-state index contributed by atoms with van der Waals surface area (Å²) < 4.78 is 10.7. The van der Waals surface area contributed by atoms with Crippen molar-refractivity contribution in [3.8, 4) is 22.8 Å². The fourth-order valence-corrected chi connectivity index (χ4v) is 3.60. The van der Waals surface area contributed by atoms with E-state index in [0.717, 1.165) is 16.5 Å². The van der Waals surface area contributed by atoms with Crippen LogP contribution in [0.15, 0.2) is 66.7 Å². The number of nitrogens with zero attached hydrogens (tertiary/aromatic N) is 1. The lowest BCUT2D eigenvalue weighted by Crippen LogP contribution is -2.14. The summed E-state index contributed by atoms with van der Waals surface area (Å²) in [6, 6.07) is 20.4. The fraction of sp³-hybridized carbons (Fsp3) is 0.120.